The molecular weight excluding hydrogens is 282 g/mol. The Morgan fingerprint density at radius 3 is 2.81 bits per heavy atom. The Morgan fingerprint density at radius 1 is 1.33 bits per heavy atom. The van der Waals surface area contributed by atoms with Gasteiger partial charge in [0.15, 0.2) is 0 Å². The Morgan fingerprint density at radius 2 is 2.10 bits per heavy atom. The molecule has 0 amide bonds. The summed E-state index contributed by atoms with van der Waals surface area (Å²) < 4.78 is 0. The van der Waals surface area contributed by atoms with E-state index in [2.05, 4.69) is 17.4 Å². The first kappa shape index (κ1) is 14.0. The van der Waals surface area contributed by atoms with E-state index in [1.54, 1.807) is 11.8 Å². The van der Waals surface area contributed by atoms with Crippen LogP contribution >= 0.6 is 11.8 Å². The molecular formula is C17H17NO2S. The predicted molar refractivity (Wildman–Crippen MR) is 85.6 cm³/mol. The molecule has 21 heavy (non-hydrogen) atoms. The van der Waals surface area contributed by atoms with Crippen molar-refractivity contribution in [3.63, 3.8) is 0 Å². The molecule has 1 heterocycles. The van der Waals surface area contributed by atoms with Gasteiger partial charge in [0.25, 0.3) is 0 Å². The summed E-state index contributed by atoms with van der Waals surface area (Å²) in [6.07, 6.45) is 4.76. The largest absolute Gasteiger partial charge is 0.478 e. The third-order valence-corrected chi connectivity index (χ3v) is 4.70. The summed E-state index contributed by atoms with van der Waals surface area (Å²) in [6.45, 7) is 2.04. The molecule has 2 N–H and O–H groups in total. The van der Waals surface area contributed by atoms with Crippen molar-refractivity contribution in [2.24, 2.45) is 5.92 Å². The number of carboxylic acid groups (broad SMARTS) is 1. The third kappa shape index (κ3) is 2.90. The number of hydrogen-bond acceptors (Lipinski definition) is 3. The fourth-order valence-electron chi connectivity index (χ4n) is 2.57. The van der Waals surface area contributed by atoms with Crippen LogP contribution in [0, 0.1) is 5.92 Å². The van der Waals surface area contributed by atoms with Crippen molar-refractivity contribution in [2.45, 2.75) is 18.7 Å². The molecule has 1 aromatic rings. The van der Waals surface area contributed by atoms with Crippen molar-refractivity contribution in [2.75, 3.05) is 0 Å². The molecule has 108 valence electrons. The van der Waals surface area contributed by atoms with Crippen LogP contribution in [0.4, 0.5) is 0 Å². The summed E-state index contributed by atoms with van der Waals surface area (Å²) in [5, 5.41) is 15.0. The monoisotopic (exact) mass is 299 g/mol. The SMILES string of the molecule is CC1C=C(C(=O)O)C(C2=CSC(c3ccccc3)N2)=CC1. The first-order valence-electron chi connectivity index (χ1n) is 6.98. The molecule has 0 bridgehead atoms. The van der Waals surface area contributed by atoms with Crippen LogP contribution in [0.2, 0.25) is 0 Å². The molecule has 1 aliphatic heterocycles. The van der Waals surface area contributed by atoms with Crippen molar-refractivity contribution in [1.29, 1.82) is 0 Å². The van der Waals surface area contributed by atoms with Gasteiger partial charge in [-0.15, -0.1) is 11.8 Å². The van der Waals surface area contributed by atoms with Crippen LogP contribution in [0.25, 0.3) is 0 Å². The number of hydrogen-bond donors (Lipinski definition) is 2. The van der Waals surface area contributed by atoms with E-state index in [1.807, 2.05) is 42.7 Å². The zero-order valence-corrected chi connectivity index (χ0v) is 12.6. The number of aliphatic carboxylic acids is 1. The molecule has 0 radical (unpaired) electrons. The zero-order chi connectivity index (χ0) is 14.8. The molecule has 0 spiro atoms. The van der Waals surface area contributed by atoms with Gasteiger partial charge in [-0.1, -0.05) is 49.4 Å². The summed E-state index contributed by atoms with van der Waals surface area (Å²) in [7, 11) is 0. The molecule has 0 saturated heterocycles. The van der Waals surface area contributed by atoms with Gasteiger partial charge in [-0.3, -0.25) is 0 Å². The molecule has 2 atom stereocenters. The second kappa shape index (κ2) is 5.82. The molecule has 4 heteroatoms. The van der Waals surface area contributed by atoms with Crippen LogP contribution < -0.4 is 5.32 Å². The van der Waals surface area contributed by atoms with Crippen LogP contribution in [0.5, 0.6) is 0 Å². The number of rotatable bonds is 3. The maximum Gasteiger partial charge on any atom is 0.336 e. The van der Waals surface area contributed by atoms with E-state index in [9.17, 15) is 9.90 Å². The minimum atomic E-state index is -0.858. The molecule has 0 aromatic heterocycles. The van der Waals surface area contributed by atoms with E-state index < -0.39 is 5.97 Å². The summed E-state index contributed by atoms with van der Waals surface area (Å²) in [6, 6.07) is 10.2. The summed E-state index contributed by atoms with van der Waals surface area (Å²) in [5.74, 6) is -0.580. The molecule has 2 aliphatic rings. The molecule has 3 rings (SSSR count). The predicted octanol–water partition coefficient (Wildman–Crippen LogP) is 3.84. The van der Waals surface area contributed by atoms with E-state index in [0.29, 0.717) is 5.57 Å². The van der Waals surface area contributed by atoms with Gasteiger partial charge < -0.3 is 10.4 Å². The van der Waals surface area contributed by atoms with E-state index in [-0.39, 0.29) is 11.3 Å². The minimum absolute atomic E-state index is 0.150. The lowest BCUT2D eigenvalue weighted by molar-refractivity contribution is -0.132. The first-order chi connectivity index (χ1) is 10.1. The number of allylic oxidation sites excluding steroid dienone is 3. The average molecular weight is 299 g/mol. The fraction of sp³-hybridized carbons (Fsp3) is 0.235. The minimum Gasteiger partial charge on any atom is -0.478 e. The lowest BCUT2D eigenvalue weighted by atomic mass is 9.90. The highest BCUT2D eigenvalue weighted by Crippen LogP contribution is 2.39. The summed E-state index contributed by atoms with van der Waals surface area (Å²) in [5.41, 5.74) is 3.32. The van der Waals surface area contributed by atoms with E-state index in [1.165, 1.54) is 5.56 Å². The Hall–Kier alpha value is -1.94. The lowest BCUT2D eigenvalue weighted by Crippen LogP contribution is -2.19. The van der Waals surface area contributed by atoms with Crippen LogP contribution in [0.3, 0.4) is 0 Å². The molecule has 1 aromatic carbocycles. The highest BCUT2D eigenvalue weighted by atomic mass is 32.2. The third-order valence-electron chi connectivity index (χ3n) is 3.67. The average Bonchev–Trinajstić information content (AvgIpc) is 2.97. The number of nitrogens with one attached hydrogen (secondary N) is 1. The maximum atomic E-state index is 11.4. The van der Waals surface area contributed by atoms with Gasteiger partial charge in [-0.25, -0.2) is 4.79 Å². The highest BCUT2D eigenvalue weighted by molar-refractivity contribution is 8.02. The fourth-order valence-corrected chi connectivity index (χ4v) is 3.55. The molecule has 3 nitrogen and oxygen atoms in total. The highest BCUT2D eigenvalue weighted by Gasteiger charge is 2.26. The van der Waals surface area contributed by atoms with Gasteiger partial charge in [0.2, 0.25) is 0 Å². The quantitative estimate of drug-likeness (QED) is 0.890. The second-order valence-electron chi connectivity index (χ2n) is 5.32. The van der Waals surface area contributed by atoms with Crippen LogP contribution in [0.15, 0.2) is 64.7 Å². The summed E-state index contributed by atoms with van der Waals surface area (Å²) >= 11 is 1.68. The van der Waals surface area contributed by atoms with E-state index in [0.717, 1.165) is 17.7 Å². The van der Waals surface area contributed by atoms with Gasteiger partial charge >= 0.3 is 5.97 Å². The van der Waals surface area contributed by atoms with Gasteiger partial charge in [0.05, 0.1) is 5.57 Å². The number of carbonyl (C=O) groups is 1. The van der Waals surface area contributed by atoms with Crippen LogP contribution in [-0.4, -0.2) is 11.1 Å². The normalized spacial score (nSPS) is 24.7. The van der Waals surface area contributed by atoms with Crippen LogP contribution in [-0.2, 0) is 4.79 Å². The van der Waals surface area contributed by atoms with Gasteiger partial charge in [0.1, 0.15) is 5.37 Å². The number of carboxylic acids is 1. The van der Waals surface area contributed by atoms with Gasteiger partial charge in [-0.05, 0) is 23.3 Å². The van der Waals surface area contributed by atoms with Gasteiger partial charge in [0, 0.05) is 11.3 Å². The smallest absolute Gasteiger partial charge is 0.336 e. The Labute approximate surface area is 128 Å². The Kier molecular flexibility index (Phi) is 3.88. The van der Waals surface area contributed by atoms with E-state index >= 15 is 0 Å². The number of thioether (sulfide) groups is 1. The van der Waals surface area contributed by atoms with Crippen molar-refractivity contribution in [1.82, 2.24) is 5.32 Å². The molecule has 2 unspecified atom stereocenters. The van der Waals surface area contributed by atoms with Crippen molar-refractivity contribution >= 4 is 17.7 Å². The van der Waals surface area contributed by atoms with Crippen molar-refractivity contribution in [3.05, 3.63) is 70.3 Å². The summed E-state index contributed by atoms with van der Waals surface area (Å²) in [4.78, 5) is 11.4. The first-order valence-corrected chi connectivity index (χ1v) is 7.92. The lowest BCUT2D eigenvalue weighted by Gasteiger charge is -2.20. The van der Waals surface area contributed by atoms with Crippen LogP contribution in [0.1, 0.15) is 24.3 Å². The Balaban J connectivity index is 1.80. The van der Waals surface area contributed by atoms with Crippen molar-refractivity contribution < 1.29 is 9.90 Å². The molecule has 0 fully saturated rings. The number of benzene rings is 1. The maximum absolute atomic E-state index is 11.4. The van der Waals surface area contributed by atoms with E-state index in [4.69, 9.17) is 0 Å². The molecule has 1 aliphatic carbocycles. The second-order valence-corrected chi connectivity index (χ2v) is 6.30. The van der Waals surface area contributed by atoms with Gasteiger partial charge in [-0.2, -0.15) is 0 Å². The van der Waals surface area contributed by atoms with Crippen molar-refractivity contribution in [3.8, 4) is 0 Å². The zero-order valence-electron chi connectivity index (χ0n) is 11.7. The standard InChI is InChI=1S/C17H17NO2S/c1-11-7-8-13(14(9-11)17(19)20)15-10-21-16(18-15)12-5-3-2-4-6-12/h2-6,8-11,16,18H,7H2,1H3,(H,19,20). The topological polar surface area (TPSA) is 49.3 Å². The molecule has 0 saturated carbocycles. The Bertz CT molecular complexity index is 646.